The van der Waals surface area contributed by atoms with Crippen LogP contribution in [0.5, 0.6) is 11.5 Å². The SMILES string of the molecule is CCCOc1ccc(C2c3c(oc4ccc(Cl)cc4c3=O)C(=O)N2CCN(CC)CC)cc1OC. The molecule has 2 heterocycles. The van der Waals surface area contributed by atoms with Crippen LogP contribution in [0.4, 0.5) is 0 Å². The van der Waals surface area contributed by atoms with Crippen LogP contribution < -0.4 is 14.9 Å². The number of fused-ring (bicyclic) bond motifs is 2. The summed E-state index contributed by atoms with van der Waals surface area (Å²) in [4.78, 5) is 31.2. The number of benzene rings is 2. The van der Waals surface area contributed by atoms with Crippen LogP contribution in [0, 0.1) is 0 Å². The molecular formula is C27H31ClN2O5. The molecule has 1 aromatic heterocycles. The summed E-state index contributed by atoms with van der Waals surface area (Å²) in [6, 6.07) is 9.80. The fraction of sp³-hybridized carbons (Fsp3) is 0.407. The summed E-state index contributed by atoms with van der Waals surface area (Å²) < 4.78 is 17.4. The molecule has 0 aliphatic carbocycles. The average molecular weight is 499 g/mol. The van der Waals surface area contributed by atoms with Gasteiger partial charge in [-0.2, -0.15) is 0 Å². The van der Waals surface area contributed by atoms with Crippen LogP contribution in [0.1, 0.15) is 54.9 Å². The molecule has 7 nitrogen and oxygen atoms in total. The number of hydrogen-bond donors (Lipinski definition) is 0. The molecule has 0 saturated carbocycles. The maximum atomic E-state index is 13.7. The Bertz CT molecular complexity index is 1280. The predicted octanol–water partition coefficient (Wildman–Crippen LogP) is 5.13. The van der Waals surface area contributed by atoms with Crippen LogP contribution in [0.25, 0.3) is 11.0 Å². The van der Waals surface area contributed by atoms with Crippen molar-refractivity contribution in [3.8, 4) is 11.5 Å². The van der Waals surface area contributed by atoms with Crippen molar-refractivity contribution >= 4 is 28.5 Å². The van der Waals surface area contributed by atoms with Crippen LogP contribution >= 0.6 is 11.6 Å². The zero-order chi connectivity index (χ0) is 25.1. The van der Waals surface area contributed by atoms with Crippen molar-refractivity contribution in [2.75, 3.05) is 39.9 Å². The lowest BCUT2D eigenvalue weighted by Crippen LogP contribution is -2.37. The molecule has 186 valence electrons. The standard InChI is InChI=1S/C27H31ClN2O5/c1-5-14-34-21-10-8-17(15-22(21)33-4)24-23-25(31)19-16-18(28)9-11-20(19)35-26(23)27(32)30(24)13-12-29(6-2)7-3/h8-11,15-16,24H,5-7,12-14H2,1-4H3. The summed E-state index contributed by atoms with van der Waals surface area (Å²) in [6.07, 6.45) is 0.866. The lowest BCUT2D eigenvalue weighted by molar-refractivity contribution is 0.0708. The number of rotatable bonds is 10. The summed E-state index contributed by atoms with van der Waals surface area (Å²) in [5, 5.41) is 0.789. The minimum absolute atomic E-state index is 0.0830. The van der Waals surface area contributed by atoms with Gasteiger partial charge in [-0.15, -0.1) is 0 Å². The summed E-state index contributed by atoms with van der Waals surface area (Å²) in [7, 11) is 1.58. The van der Waals surface area contributed by atoms with Crippen LogP contribution in [-0.4, -0.2) is 55.6 Å². The van der Waals surface area contributed by atoms with Gasteiger partial charge < -0.3 is 23.7 Å². The normalized spacial score (nSPS) is 15.2. The molecule has 0 radical (unpaired) electrons. The molecule has 0 N–H and O–H groups in total. The number of halogens is 1. The molecule has 0 fully saturated rings. The molecular weight excluding hydrogens is 468 g/mol. The smallest absolute Gasteiger partial charge is 0.290 e. The number of carbonyl (C=O) groups excluding carboxylic acids is 1. The number of nitrogens with zero attached hydrogens (tertiary/aromatic N) is 2. The van der Waals surface area contributed by atoms with Crippen molar-refractivity contribution in [3.05, 3.63) is 68.5 Å². The van der Waals surface area contributed by atoms with Gasteiger partial charge in [-0.1, -0.05) is 38.4 Å². The number of amides is 1. The molecule has 35 heavy (non-hydrogen) atoms. The van der Waals surface area contributed by atoms with Crippen molar-refractivity contribution in [2.24, 2.45) is 0 Å². The summed E-state index contributed by atoms with van der Waals surface area (Å²) in [5.41, 5.74) is 1.18. The van der Waals surface area contributed by atoms with Crippen LogP contribution in [-0.2, 0) is 0 Å². The molecule has 1 aliphatic rings. The van der Waals surface area contributed by atoms with Gasteiger partial charge in [0.05, 0.1) is 30.7 Å². The third kappa shape index (κ3) is 4.75. The first-order chi connectivity index (χ1) is 16.9. The Labute approximate surface area is 210 Å². The number of ether oxygens (including phenoxy) is 2. The summed E-state index contributed by atoms with van der Waals surface area (Å²) in [6.45, 7) is 9.63. The molecule has 0 bridgehead atoms. The highest BCUT2D eigenvalue weighted by atomic mass is 35.5. The Morgan fingerprint density at radius 1 is 1.06 bits per heavy atom. The van der Waals surface area contributed by atoms with Gasteiger partial charge in [-0.3, -0.25) is 9.59 Å². The van der Waals surface area contributed by atoms with Crippen molar-refractivity contribution in [3.63, 3.8) is 0 Å². The third-order valence-corrected chi connectivity index (χ3v) is 6.68. The largest absolute Gasteiger partial charge is 0.493 e. The highest BCUT2D eigenvalue weighted by Gasteiger charge is 2.43. The quantitative estimate of drug-likeness (QED) is 0.386. The summed E-state index contributed by atoms with van der Waals surface area (Å²) in [5.74, 6) is 0.958. The number of methoxy groups -OCH3 is 1. The van der Waals surface area contributed by atoms with Crippen LogP contribution in [0.15, 0.2) is 45.6 Å². The van der Waals surface area contributed by atoms with E-state index in [0.717, 1.165) is 25.1 Å². The lowest BCUT2D eigenvalue weighted by Gasteiger charge is -2.28. The number of likely N-dealkylation sites (N-methyl/N-ethyl adjacent to an activating group) is 1. The molecule has 8 heteroatoms. The van der Waals surface area contributed by atoms with Gasteiger partial charge in [-0.25, -0.2) is 0 Å². The van der Waals surface area contributed by atoms with E-state index in [1.54, 1.807) is 30.2 Å². The van der Waals surface area contributed by atoms with Gasteiger partial charge in [0.2, 0.25) is 5.76 Å². The Morgan fingerprint density at radius 3 is 2.51 bits per heavy atom. The van der Waals surface area contributed by atoms with Gasteiger partial charge in [0.25, 0.3) is 5.91 Å². The highest BCUT2D eigenvalue weighted by molar-refractivity contribution is 6.31. The minimum atomic E-state index is -0.609. The Kier molecular flexibility index (Phi) is 7.67. The molecule has 1 amide bonds. The fourth-order valence-corrected chi connectivity index (χ4v) is 4.72. The van der Waals surface area contributed by atoms with Crippen LogP contribution in [0.2, 0.25) is 5.02 Å². The molecule has 0 saturated heterocycles. The molecule has 4 rings (SSSR count). The second-order valence-corrected chi connectivity index (χ2v) is 8.94. The topological polar surface area (TPSA) is 72.2 Å². The fourth-order valence-electron chi connectivity index (χ4n) is 4.54. The van der Waals surface area contributed by atoms with Gasteiger partial charge >= 0.3 is 0 Å². The van der Waals surface area contributed by atoms with Crippen molar-refractivity contribution in [2.45, 2.75) is 33.2 Å². The van der Waals surface area contributed by atoms with E-state index >= 15 is 0 Å². The molecule has 1 atom stereocenters. The maximum Gasteiger partial charge on any atom is 0.290 e. The van der Waals surface area contributed by atoms with E-state index < -0.39 is 6.04 Å². The Balaban J connectivity index is 1.86. The van der Waals surface area contributed by atoms with E-state index in [4.69, 9.17) is 25.5 Å². The highest BCUT2D eigenvalue weighted by Crippen LogP contribution is 2.41. The minimum Gasteiger partial charge on any atom is -0.493 e. The predicted molar refractivity (Wildman–Crippen MR) is 137 cm³/mol. The Hall–Kier alpha value is -3.03. The average Bonchev–Trinajstić information content (AvgIpc) is 3.15. The van der Waals surface area contributed by atoms with E-state index in [1.807, 2.05) is 25.1 Å². The molecule has 3 aromatic rings. The molecule has 2 aromatic carbocycles. The summed E-state index contributed by atoms with van der Waals surface area (Å²) >= 11 is 6.17. The van der Waals surface area contributed by atoms with Gasteiger partial charge in [0, 0.05) is 18.1 Å². The van der Waals surface area contributed by atoms with Gasteiger partial charge in [-0.05, 0) is 55.4 Å². The van der Waals surface area contributed by atoms with Crippen molar-refractivity contribution in [1.29, 1.82) is 0 Å². The maximum absolute atomic E-state index is 13.7. The Morgan fingerprint density at radius 2 is 1.83 bits per heavy atom. The third-order valence-electron chi connectivity index (χ3n) is 6.44. The van der Waals surface area contributed by atoms with E-state index in [2.05, 4.69) is 18.7 Å². The molecule has 0 spiro atoms. The van der Waals surface area contributed by atoms with Gasteiger partial charge in [0.1, 0.15) is 5.58 Å². The number of hydrogen-bond acceptors (Lipinski definition) is 6. The molecule has 1 unspecified atom stereocenters. The lowest BCUT2D eigenvalue weighted by atomic mass is 9.98. The zero-order valence-electron chi connectivity index (χ0n) is 20.6. The van der Waals surface area contributed by atoms with Crippen molar-refractivity contribution in [1.82, 2.24) is 9.80 Å². The first-order valence-corrected chi connectivity index (χ1v) is 12.4. The first-order valence-electron chi connectivity index (χ1n) is 12.0. The molecule has 1 aliphatic heterocycles. The number of carbonyl (C=O) groups is 1. The monoisotopic (exact) mass is 498 g/mol. The second-order valence-electron chi connectivity index (χ2n) is 8.50. The van der Waals surface area contributed by atoms with Crippen LogP contribution in [0.3, 0.4) is 0 Å². The second kappa shape index (κ2) is 10.7. The van der Waals surface area contributed by atoms with E-state index in [1.165, 1.54) is 0 Å². The van der Waals surface area contributed by atoms with E-state index in [9.17, 15) is 9.59 Å². The van der Waals surface area contributed by atoms with E-state index in [-0.39, 0.29) is 17.1 Å². The van der Waals surface area contributed by atoms with Gasteiger partial charge in [0.15, 0.2) is 16.9 Å². The first kappa shape index (κ1) is 25.1. The van der Waals surface area contributed by atoms with E-state index in [0.29, 0.717) is 52.8 Å². The van der Waals surface area contributed by atoms with Crippen molar-refractivity contribution < 1.29 is 18.7 Å². The zero-order valence-corrected chi connectivity index (χ0v) is 21.4.